The lowest BCUT2D eigenvalue weighted by Crippen LogP contribution is -2.12. The number of nitrogens with one attached hydrogen (secondary N) is 1. The summed E-state index contributed by atoms with van der Waals surface area (Å²) in [5.74, 6) is 0. The molecule has 0 saturated carbocycles. The molecule has 0 aliphatic carbocycles. The first-order chi connectivity index (χ1) is 3.93. The summed E-state index contributed by atoms with van der Waals surface area (Å²) in [6, 6.07) is 0. The van der Waals surface area contributed by atoms with E-state index in [0.29, 0.717) is 0 Å². The summed E-state index contributed by atoms with van der Waals surface area (Å²) in [6.07, 6.45) is 8.11. The second-order valence-electron chi connectivity index (χ2n) is 1.30. The molecular weight excluding hydrogens is 104 g/mol. The fourth-order valence-corrected chi connectivity index (χ4v) is 0.413. The highest BCUT2D eigenvalue weighted by atomic mass is 16.1. The predicted octanol–water partition coefficient (Wildman–Crippen LogP) is -0.0988. The van der Waals surface area contributed by atoms with Gasteiger partial charge in [0.05, 0.1) is 0 Å². The minimum Gasteiger partial charge on any atom is -0.365 e. The van der Waals surface area contributed by atoms with Gasteiger partial charge in [-0.05, 0) is 0 Å². The molecule has 0 bridgehead atoms. The predicted molar refractivity (Wildman–Crippen MR) is 28.9 cm³/mol. The summed E-state index contributed by atoms with van der Waals surface area (Å²) in [5.41, 5.74) is 0. The summed E-state index contributed by atoms with van der Waals surface area (Å²) < 4.78 is 0. The number of hydrogen-bond acceptors (Lipinski definition) is 2. The van der Waals surface area contributed by atoms with Crippen molar-refractivity contribution in [3.63, 3.8) is 0 Å². The molecule has 1 amide bonds. The van der Waals surface area contributed by atoms with Crippen molar-refractivity contribution in [1.29, 1.82) is 0 Å². The zero-order chi connectivity index (χ0) is 5.82. The van der Waals surface area contributed by atoms with Gasteiger partial charge in [-0.25, -0.2) is 0 Å². The summed E-state index contributed by atoms with van der Waals surface area (Å²) in [5, 5.41) is 2.77. The van der Waals surface area contributed by atoms with Gasteiger partial charge in [-0.15, -0.1) is 0 Å². The molecule has 0 aromatic heterocycles. The van der Waals surface area contributed by atoms with E-state index in [4.69, 9.17) is 0 Å². The van der Waals surface area contributed by atoms with Gasteiger partial charge in [0.15, 0.2) is 0 Å². The lowest BCUT2D eigenvalue weighted by molar-refractivity contribution is 0.510. The molecule has 0 spiro atoms. The largest absolute Gasteiger partial charge is 0.365 e. The molecular formula is C5H5N2O. The van der Waals surface area contributed by atoms with Crippen molar-refractivity contribution in [3.05, 3.63) is 24.8 Å². The highest BCUT2D eigenvalue weighted by Gasteiger charge is 1.91. The summed E-state index contributed by atoms with van der Waals surface area (Å²) in [6.45, 7) is 0. The van der Waals surface area contributed by atoms with E-state index in [1.54, 1.807) is 31.2 Å². The molecule has 1 aliphatic rings. The van der Waals surface area contributed by atoms with Crippen LogP contribution in [0.2, 0.25) is 0 Å². The van der Waals surface area contributed by atoms with E-state index < -0.39 is 0 Å². The Balaban J connectivity index is 2.54. The maximum Gasteiger partial charge on any atom is 0.320 e. The Hall–Kier alpha value is -1.25. The van der Waals surface area contributed by atoms with Gasteiger partial charge in [0.2, 0.25) is 0 Å². The second kappa shape index (κ2) is 2.16. The van der Waals surface area contributed by atoms with Crippen LogP contribution in [0, 0.1) is 0 Å². The van der Waals surface area contributed by atoms with E-state index in [-0.39, 0.29) is 0 Å². The van der Waals surface area contributed by atoms with Crippen LogP contribution in [0.4, 0.5) is 0 Å². The molecule has 0 unspecified atom stereocenters. The molecule has 0 aromatic rings. The van der Waals surface area contributed by atoms with E-state index in [0.717, 1.165) is 0 Å². The van der Waals surface area contributed by atoms with Crippen LogP contribution in [0.5, 0.6) is 0 Å². The topological polar surface area (TPSA) is 32.3 Å². The Kier molecular flexibility index (Phi) is 1.32. The zero-order valence-corrected chi connectivity index (χ0v) is 4.16. The molecule has 1 N–H and O–H groups in total. The fraction of sp³-hybridized carbons (Fsp3) is 0. The smallest absolute Gasteiger partial charge is 0.320 e. The van der Waals surface area contributed by atoms with Crippen molar-refractivity contribution < 1.29 is 4.79 Å². The van der Waals surface area contributed by atoms with E-state index in [1.807, 2.05) is 0 Å². The second-order valence-corrected chi connectivity index (χ2v) is 1.30. The van der Waals surface area contributed by atoms with Gasteiger partial charge in [0.25, 0.3) is 0 Å². The van der Waals surface area contributed by atoms with Crippen molar-refractivity contribution in [3.8, 4) is 0 Å². The summed E-state index contributed by atoms with van der Waals surface area (Å²) in [4.78, 5) is 11.1. The Morgan fingerprint density at radius 3 is 2.38 bits per heavy atom. The first-order valence-electron chi connectivity index (χ1n) is 2.19. The summed E-state index contributed by atoms with van der Waals surface area (Å²) in [7, 11) is 0. The Morgan fingerprint density at radius 2 is 2.00 bits per heavy atom. The van der Waals surface area contributed by atoms with Crippen LogP contribution in [0.3, 0.4) is 0 Å². The van der Waals surface area contributed by atoms with Gasteiger partial charge >= 0.3 is 6.41 Å². The van der Waals surface area contributed by atoms with E-state index in [1.165, 1.54) is 4.90 Å². The number of rotatable bonds is 1. The van der Waals surface area contributed by atoms with Crippen molar-refractivity contribution in [2.24, 2.45) is 0 Å². The SMILES string of the molecule is O=[C]N1C=CNC=C1. The third-order valence-corrected chi connectivity index (χ3v) is 0.768. The zero-order valence-electron chi connectivity index (χ0n) is 4.16. The molecule has 41 valence electrons. The maximum atomic E-state index is 9.83. The van der Waals surface area contributed by atoms with E-state index >= 15 is 0 Å². The Morgan fingerprint density at radius 1 is 1.38 bits per heavy atom. The van der Waals surface area contributed by atoms with Crippen LogP contribution in [-0.2, 0) is 4.79 Å². The van der Waals surface area contributed by atoms with Gasteiger partial charge < -0.3 is 5.32 Å². The molecule has 3 heteroatoms. The lowest BCUT2D eigenvalue weighted by atomic mass is 10.6. The molecule has 1 radical (unpaired) electrons. The number of nitrogens with zero attached hydrogens (tertiary/aromatic N) is 1. The first-order valence-corrected chi connectivity index (χ1v) is 2.19. The number of hydrogen-bond donors (Lipinski definition) is 1. The third kappa shape index (κ3) is 0.872. The molecule has 8 heavy (non-hydrogen) atoms. The highest BCUT2D eigenvalue weighted by Crippen LogP contribution is 1.88. The van der Waals surface area contributed by atoms with Gasteiger partial charge in [-0.3, -0.25) is 9.69 Å². The maximum absolute atomic E-state index is 9.83. The van der Waals surface area contributed by atoms with Crippen LogP contribution >= 0.6 is 0 Å². The average molecular weight is 109 g/mol. The molecule has 1 heterocycles. The molecule has 0 fully saturated rings. The van der Waals surface area contributed by atoms with Crippen LogP contribution in [-0.4, -0.2) is 11.3 Å². The molecule has 0 saturated heterocycles. The van der Waals surface area contributed by atoms with Gasteiger partial charge in [-0.1, -0.05) is 0 Å². The monoisotopic (exact) mass is 109 g/mol. The fourth-order valence-electron chi connectivity index (χ4n) is 0.413. The lowest BCUT2D eigenvalue weighted by Gasteiger charge is -2.06. The molecule has 1 rings (SSSR count). The van der Waals surface area contributed by atoms with Crippen LogP contribution in [0.25, 0.3) is 0 Å². The average Bonchev–Trinajstić information content (AvgIpc) is 1.90. The number of carbonyl (C=O) groups excluding carboxylic acids is 1. The van der Waals surface area contributed by atoms with Crippen molar-refractivity contribution in [1.82, 2.24) is 10.2 Å². The van der Waals surface area contributed by atoms with Crippen LogP contribution in [0.1, 0.15) is 0 Å². The molecule has 0 atom stereocenters. The van der Waals surface area contributed by atoms with Crippen molar-refractivity contribution in [2.75, 3.05) is 0 Å². The van der Waals surface area contributed by atoms with Crippen molar-refractivity contribution >= 4 is 6.41 Å². The minimum absolute atomic E-state index is 1.29. The molecule has 0 aromatic carbocycles. The third-order valence-electron chi connectivity index (χ3n) is 0.768. The Bertz CT molecular complexity index is 127. The van der Waals surface area contributed by atoms with E-state index in [2.05, 4.69) is 5.32 Å². The van der Waals surface area contributed by atoms with E-state index in [9.17, 15) is 4.79 Å². The Labute approximate surface area is 47.3 Å². The van der Waals surface area contributed by atoms with Crippen LogP contribution < -0.4 is 5.32 Å². The molecule has 3 nitrogen and oxygen atoms in total. The van der Waals surface area contributed by atoms with Gasteiger partial charge in [0, 0.05) is 24.8 Å². The quantitative estimate of drug-likeness (QED) is 0.510. The standard InChI is InChI=1S/C5H5N2O/c8-5-7-3-1-6-2-4-7/h1-4,6H. The normalized spacial score (nSPS) is 15.8. The van der Waals surface area contributed by atoms with Crippen LogP contribution in [0.15, 0.2) is 24.8 Å². The number of amides is 1. The van der Waals surface area contributed by atoms with Gasteiger partial charge in [0.1, 0.15) is 0 Å². The highest BCUT2D eigenvalue weighted by molar-refractivity contribution is 5.52. The summed E-state index contributed by atoms with van der Waals surface area (Å²) >= 11 is 0. The molecule has 1 aliphatic heterocycles. The van der Waals surface area contributed by atoms with Gasteiger partial charge in [-0.2, -0.15) is 0 Å². The van der Waals surface area contributed by atoms with Crippen molar-refractivity contribution in [2.45, 2.75) is 0 Å². The minimum atomic E-state index is 1.29. The first kappa shape index (κ1) is 4.90.